The van der Waals surface area contributed by atoms with Crippen LogP contribution in [0.3, 0.4) is 0 Å². The average molecular weight is 718 g/mol. The van der Waals surface area contributed by atoms with Crippen LogP contribution in [0.1, 0.15) is 79.1 Å². The van der Waals surface area contributed by atoms with Crippen LogP contribution in [-0.4, -0.2) is 120 Å². The Labute approximate surface area is 305 Å². The van der Waals surface area contributed by atoms with E-state index < -0.39 is 12.4 Å². The van der Waals surface area contributed by atoms with Crippen LogP contribution in [0.2, 0.25) is 0 Å². The van der Waals surface area contributed by atoms with Gasteiger partial charge in [0.15, 0.2) is 18.4 Å². The van der Waals surface area contributed by atoms with Crippen LogP contribution in [0.4, 0.5) is 0 Å². The van der Waals surface area contributed by atoms with Crippen molar-refractivity contribution in [3.8, 4) is 0 Å². The van der Waals surface area contributed by atoms with Crippen molar-refractivity contribution in [3.63, 3.8) is 0 Å². The summed E-state index contributed by atoms with van der Waals surface area (Å²) in [5.41, 5.74) is 0.758. The van der Waals surface area contributed by atoms with Gasteiger partial charge in [0.05, 0.1) is 36.9 Å². The van der Waals surface area contributed by atoms with Crippen LogP contribution in [-0.2, 0) is 47.5 Å². The highest BCUT2D eigenvalue weighted by Gasteiger charge is 2.52. The minimum atomic E-state index is -0.593. The first-order valence-electron chi connectivity index (χ1n) is 19.4. The topological polar surface area (TPSA) is 111 Å². The lowest BCUT2D eigenvalue weighted by Crippen LogP contribution is -2.59. The molecule has 0 amide bonds. The number of methoxy groups -OCH3 is 3. The fraction of sp³-hybridized carbons (Fsp3) is 0.850. The van der Waals surface area contributed by atoms with Gasteiger partial charge >= 0.3 is 5.97 Å². The standard InChI is InChI=1S/C40H63NO10/c1-21-11-10-12-33(51-35-16-15-32(41(5)6)23(3)48-35)22(2)36(43)31-19-29-27(30(31)20-34(42)47-21)14-13-25-17-26(18-28(25)29)50-40-39(46-9)38(45-8)37(44-7)24(4)49-40/h13-14,19,21-30,32-33,35,37-40H,10-12,15-18,20H2,1-9H3. The van der Waals surface area contributed by atoms with Crippen molar-refractivity contribution in [2.75, 3.05) is 35.4 Å². The van der Waals surface area contributed by atoms with E-state index in [0.717, 1.165) is 44.1 Å². The lowest BCUT2D eigenvalue weighted by atomic mass is 9.70. The summed E-state index contributed by atoms with van der Waals surface area (Å²) in [6.07, 6.45) is 9.94. The van der Waals surface area contributed by atoms with E-state index in [1.165, 1.54) is 0 Å². The van der Waals surface area contributed by atoms with Crippen LogP contribution >= 0.6 is 0 Å². The van der Waals surface area contributed by atoms with Crippen molar-refractivity contribution in [3.05, 3.63) is 23.8 Å². The fourth-order valence-electron chi connectivity index (χ4n) is 10.2. The van der Waals surface area contributed by atoms with E-state index in [1.807, 2.05) is 20.8 Å². The first-order valence-corrected chi connectivity index (χ1v) is 19.4. The average Bonchev–Trinajstić information content (AvgIpc) is 3.67. The summed E-state index contributed by atoms with van der Waals surface area (Å²) in [5.74, 6) is -0.000214. The highest BCUT2D eigenvalue weighted by atomic mass is 16.7. The molecular formula is C40H63NO10. The number of carbonyl (C=O) groups is 2. The van der Waals surface area contributed by atoms with Crippen LogP contribution in [0.25, 0.3) is 0 Å². The molecule has 11 nitrogen and oxygen atoms in total. The van der Waals surface area contributed by atoms with E-state index in [2.05, 4.69) is 44.1 Å². The number of fused-ring (bicyclic) bond motifs is 5. The molecule has 0 aromatic rings. The number of esters is 1. The summed E-state index contributed by atoms with van der Waals surface area (Å²) < 4.78 is 49.3. The van der Waals surface area contributed by atoms with Gasteiger partial charge in [-0.25, -0.2) is 0 Å². The molecule has 0 N–H and O–H groups in total. The minimum Gasteiger partial charge on any atom is -0.463 e. The smallest absolute Gasteiger partial charge is 0.306 e. The van der Waals surface area contributed by atoms with Crippen LogP contribution < -0.4 is 0 Å². The third-order valence-electron chi connectivity index (χ3n) is 12.9. The molecule has 0 aromatic heterocycles. The summed E-state index contributed by atoms with van der Waals surface area (Å²) in [4.78, 5) is 30.1. The molecule has 0 aromatic carbocycles. The Morgan fingerprint density at radius 3 is 2.22 bits per heavy atom. The molecule has 4 fully saturated rings. The molecule has 3 saturated heterocycles. The Morgan fingerprint density at radius 2 is 1.53 bits per heavy atom. The number of hydrogen-bond donors (Lipinski definition) is 0. The van der Waals surface area contributed by atoms with Gasteiger partial charge in [-0.1, -0.05) is 25.2 Å². The SMILES string of the molecule is COC1C(C)OC(OC2CC3C=CC4C5CC(=O)OC(C)CCCC(OC6CCC(N(C)C)C(C)O6)C(C)C(=O)C5=CC4C3C2)C(OC)C1OC. The van der Waals surface area contributed by atoms with Gasteiger partial charge in [-0.05, 0) is 109 Å². The highest BCUT2D eigenvalue weighted by molar-refractivity contribution is 5.99. The summed E-state index contributed by atoms with van der Waals surface area (Å²) in [6.45, 7) is 8.05. The molecule has 51 heavy (non-hydrogen) atoms. The Hall–Kier alpha value is -1.70. The number of carbonyl (C=O) groups excluding carboxylic acids is 2. The largest absolute Gasteiger partial charge is 0.463 e. The number of nitrogens with zero attached hydrogens (tertiary/aromatic N) is 1. The van der Waals surface area contributed by atoms with E-state index in [1.54, 1.807) is 21.3 Å². The number of cyclic esters (lactones) is 1. The minimum absolute atomic E-state index is 0.0385. The molecule has 0 radical (unpaired) electrons. The van der Waals surface area contributed by atoms with E-state index in [9.17, 15) is 9.59 Å². The number of allylic oxidation sites excluding steroid dienone is 4. The number of ketones is 1. The predicted octanol–water partition coefficient (Wildman–Crippen LogP) is 5.10. The Balaban J connectivity index is 1.20. The zero-order chi connectivity index (χ0) is 36.6. The quantitative estimate of drug-likeness (QED) is 0.247. The number of Topliss-reactive ketones (excluding diaryl/α,β-unsaturated/α-hetero) is 1. The Morgan fingerprint density at radius 1 is 0.784 bits per heavy atom. The third-order valence-corrected chi connectivity index (χ3v) is 12.9. The second kappa shape index (κ2) is 16.8. The number of ether oxygens (including phenoxy) is 8. The zero-order valence-corrected chi connectivity index (χ0v) is 32.2. The lowest BCUT2D eigenvalue weighted by molar-refractivity contribution is -0.314. The van der Waals surface area contributed by atoms with E-state index in [4.69, 9.17) is 37.9 Å². The Kier molecular flexibility index (Phi) is 12.8. The summed E-state index contributed by atoms with van der Waals surface area (Å²) in [7, 11) is 9.14. The van der Waals surface area contributed by atoms with Gasteiger partial charge in [-0.15, -0.1) is 0 Å². The van der Waals surface area contributed by atoms with E-state index >= 15 is 0 Å². The van der Waals surface area contributed by atoms with Crippen molar-refractivity contribution < 1.29 is 47.5 Å². The molecule has 3 heterocycles. The maximum Gasteiger partial charge on any atom is 0.306 e. The zero-order valence-electron chi connectivity index (χ0n) is 32.2. The van der Waals surface area contributed by atoms with E-state index in [-0.39, 0.29) is 96.8 Å². The predicted molar refractivity (Wildman–Crippen MR) is 190 cm³/mol. The number of rotatable bonds is 8. The fourth-order valence-corrected chi connectivity index (χ4v) is 10.2. The first kappa shape index (κ1) is 39.0. The first-order chi connectivity index (χ1) is 24.4. The van der Waals surface area contributed by atoms with Crippen LogP contribution in [0.15, 0.2) is 23.8 Å². The third kappa shape index (κ3) is 8.21. The van der Waals surface area contributed by atoms with Crippen molar-refractivity contribution in [2.24, 2.45) is 35.5 Å². The van der Waals surface area contributed by atoms with Gasteiger partial charge in [0.1, 0.15) is 18.3 Å². The van der Waals surface area contributed by atoms with Gasteiger partial charge in [-0.2, -0.15) is 0 Å². The van der Waals surface area contributed by atoms with Gasteiger partial charge < -0.3 is 42.8 Å². The van der Waals surface area contributed by atoms with Crippen molar-refractivity contribution >= 4 is 11.8 Å². The maximum atomic E-state index is 14.6. The molecule has 6 rings (SSSR count). The molecule has 17 atom stereocenters. The molecule has 288 valence electrons. The monoisotopic (exact) mass is 717 g/mol. The molecule has 3 aliphatic carbocycles. The summed E-state index contributed by atoms with van der Waals surface area (Å²) in [6, 6.07) is 0.339. The van der Waals surface area contributed by atoms with Crippen molar-refractivity contribution in [2.45, 2.75) is 147 Å². The second-order valence-electron chi connectivity index (χ2n) is 16.3. The van der Waals surface area contributed by atoms with Crippen LogP contribution in [0, 0.1) is 35.5 Å². The lowest BCUT2D eigenvalue weighted by Gasteiger charge is -2.44. The Bertz CT molecular complexity index is 1270. The second-order valence-corrected chi connectivity index (χ2v) is 16.3. The van der Waals surface area contributed by atoms with Gasteiger partial charge in [0, 0.05) is 39.2 Å². The van der Waals surface area contributed by atoms with Gasteiger partial charge in [0.25, 0.3) is 0 Å². The molecule has 6 aliphatic rings. The van der Waals surface area contributed by atoms with Gasteiger partial charge in [-0.3, -0.25) is 9.59 Å². The molecule has 0 spiro atoms. The van der Waals surface area contributed by atoms with Crippen LogP contribution in [0.5, 0.6) is 0 Å². The van der Waals surface area contributed by atoms with Crippen molar-refractivity contribution in [1.82, 2.24) is 4.90 Å². The molecule has 11 heteroatoms. The molecule has 0 bridgehead atoms. The number of hydrogen-bond acceptors (Lipinski definition) is 11. The number of likely N-dealkylation sites (N-methyl/N-ethyl adjacent to an activating group) is 1. The van der Waals surface area contributed by atoms with Gasteiger partial charge in [0.2, 0.25) is 0 Å². The molecule has 3 aliphatic heterocycles. The highest BCUT2D eigenvalue weighted by Crippen LogP contribution is 2.54. The molecule has 1 saturated carbocycles. The summed E-state index contributed by atoms with van der Waals surface area (Å²) >= 11 is 0. The van der Waals surface area contributed by atoms with Crippen molar-refractivity contribution in [1.29, 1.82) is 0 Å². The summed E-state index contributed by atoms with van der Waals surface area (Å²) in [5, 5.41) is 0. The molecule has 17 unspecified atom stereocenters. The van der Waals surface area contributed by atoms with E-state index in [0.29, 0.717) is 18.4 Å². The normalized spacial score (nSPS) is 46.4. The maximum absolute atomic E-state index is 14.6. The molecular weight excluding hydrogens is 654 g/mol.